The van der Waals surface area contributed by atoms with Crippen LogP contribution in [0.4, 0.5) is 16.2 Å². The number of amides is 3. The highest BCUT2D eigenvalue weighted by Gasteiger charge is 2.28. The first-order valence-corrected chi connectivity index (χ1v) is 11.8. The summed E-state index contributed by atoms with van der Waals surface area (Å²) in [6, 6.07) is 22.1. The standard InChI is InChI=1S/C28H32N4O4/c1-18(2)16-24(32-28(35)36)26(33)31-25(17-19-10-4-3-5-11-19)27(34)30-23-15-9-7-13-21(23)20-12-6-8-14-22(20)29/h3-15,18,24-25,32H,16-17,29H2,1-2H3,(H,30,34)(H,31,33)(H,35,36)/t24-,25-/m0/s1. The predicted molar refractivity (Wildman–Crippen MR) is 141 cm³/mol. The summed E-state index contributed by atoms with van der Waals surface area (Å²) in [7, 11) is 0. The van der Waals surface area contributed by atoms with Crippen LogP contribution in [0, 0.1) is 5.92 Å². The summed E-state index contributed by atoms with van der Waals surface area (Å²) in [5.74, 6) is -0.909. The van der Waals surface area contributed by atoms with Gasteiger partial charge in [0.25, 0.3) is 0 Å². The molecule has 0 saturated heterocycles. The van der Waals surface area contributed by atoms with Gasteiger partial charge in [0.2, 0.25) is 11.8 Å². The number of benzene rings is 3. The smallest absolute Gasteiger partial charge is 0.405 e. The lowest BCUT2D eigenvalue weighted by molar-refractivity contribution is -0.128. The fourth-order valence-electron chi connectivity index (χ4n) is 3.97. The van der Waals surface area contributed by atoms with E-state index in [-0.39, 0.29) is 12.3 Å². The Kier molecular flexibility index (Phi) is 9.05. The number of nitrogens with one attached hydrogen (secondary N) is 3. The van der Waals surface area contributed by atoms with E-state index in [1.165, 1.54) is 0 Å². The van der Waals surface area contributed by atoms with Gasteiger partial charge in [0.05, 0.1) is 0 Å². The number of hydrogen-bond acceptors (Lipinski definition) is 4. The lowest BCUT2D eigenvalue weighted by Crippen LogP contribution is -2.53. The van der Waals surface area contributed by atoms with Crippen molar-refractivity contribution in [2.45, 2.75) is 38.8 Å². The number of carbonyl (C=O) groups excluding carboxylic acids is 2. The van der Waals surface area contributed by atoms with E-state index >= 15 is 0 Å². The molecule has 6 N–H and O–H groups in total. The molecule has 0 spiro atoms. The molecule has 0 bridgehead atoms. The zero-order chi connectivity index (χ0) is 26.1. The van der Waals surface area contributed by atoms with Crippen LogP contribution in [0.25, 0.3) is 11.1 Å². The summed E-state index contributed by atoms with van der Waals surface area (Å²) in [6.45, 7) is 3.79. The Morgan fingerprint density at radius 1 is 0.778 bits per heavy atom. The van der Waals surface area contributed by atoms with Crippen molar-refractivity contribution < 1.29 is 19.5 Å². The molecule has 0 fully saturated rings. The zero-order valence-corrected chi connectivity index (χ0v) is 20.4. The summed E-state index contributed by atoms with van der Waals surface area (Å²) >= 11 is 0. The Morgan fingerprint density at radius 2 is 1.39 bits per heavy atom. The molecular weight excluding hydrogens is 456 g/mol. The van der Waals surface area contributed by atoms with Crippen LogP contribution >= 0.6 is 0 Å². The van der Waals surface area contributed by atoms with E-state index in [1.54, 1.807) is 18.2 Å². The van der Waals surface area contributed by atoms with Crippen LogP contribution in [0.5, 0.6) is 0 Å². The van der Waals surface area contributed by atoms with Gasteiger partial charge in [0, 0.05) is 28.9 Å². The SMILES string of the molecule is CC(C)C[C@H](NC(=O)O)C(=O)N[C@@H](Cc1ccccc1)C(=O)Nc1ccccc1-c1ccccc1N. The molecule has 188 valence electrons. The van der Waals surface area contributed by atoms with E-state index in [2.05, 4.69) is 16.0 Å². The van der Waals surface area contributed by atoms with Crippen molar-refractivity contribution in [3.8, 4) is 11.1 Å². The Labute approximate surface area is 210 Å². The minimum Gasteiger partial charge on any atom is -0.465 e. The third-order valence-electron chi connectivity index (χ3n) is 5.67. The largest absolute Gasteiger partial charge is 0.465 e. The van der Waals surface area contributed by atoms with Crippen molar-refractivity contribution >= 4 is 29.3 Å². The molecule has 3 amide bonds. The molecule has 0 heterocycles. The summed E-state index contributed by atoms with van der Waals surface area (Å²) in [4.78, 5) is 37.8. The zero-order valence-electron chi connectivity index (χ0n) is 20.4. The van der Waals surface area contributed by atoms with Crippen LogP contribution in [0.2, 0.25) is 0 Å². The summed E-state index contributed by atoms with van der Waals surface area (Å²) in [5.41, 5.74) is 9.67. The Morgan fingerprint density at radius 3 is 2.03 bits per heavy atom. The molecule has 0 aromatic heterocycles. The Hall–Kier alpha value is -4.33. The molecule has 0 saturated carbocycles. The number of nitrogen functional groups attached to an aromatic ring is 1. The second-order valence-electron chi connectivity index (χ2n) is 9.00. The van der Waals surface area contributed by atoms with Crippen LogP contribution in [-0.2, 0) is 16.0 Å². The Bertz CT molecular complexity index is 1200. The Balaban J connectivity index is 1.88. The number of rotatable bonds is 10. The van der Waals surface area contributed by atoms with Crippen molar-refractivity contribution in [3.05, 3.63) is 84.4 Å². The molecule has 3 aromatic rings. The molecule has 3 rings (SSSR count). The average molecular weight is 489 g/mol. The molecule has 8 heteroatoms. The van der Waals surface area contributed by atoms with Gasteiger partial charge in [-0.3, -0.25) is 9.59 Å². The van der Waals surface area contributed by atoms with Gasteiger partial charge in [-0.2, -0.15) is 0 Å². The number of carbonyl (C=O) groups is 3. The van der Waals surface area contributed by atoms with Gasteiger partial charge in [-0.1, -0.05) is 80.6 Å². The lowest BCUT2D eigenvalue weighted by Gasteiger charge is -2.24. The molecule has 0 aliphatic rings. The van der Waals surface area contributed by atoms with E-state index < -0.39 is 30.0 Å². The molecule has 0 aliphatic heterocycles. The third kappa shape index (κ3) is 7.33. The van der Waals surface area contributed by atoms with Crippen molar-refractivity contribution in [1.82, 2.24) is 10.6 Å². The van der Waals surface area contributed by atoms with Gasteiger partial charge in [0.1, 0.15) is 12.1 Å². The minimum absolute atomic E-state index is 0.0669. The first-order chi connectivity index (χ1) is 17.2. The summed E-state index contributed by atoms with van der Waals surface area (Å²) in [5, 5.41) is 17.2. The van der Waals surface area contributed by atoms with E-state index in [1.807, 2.05) is 74.5 Å². The first-order valence-electron chi connectivity index (χ1n) is 11.8. The van der Waals surface area contributed by atoms with Gasteiger partial charge in [-0.25, -0.2) is 4.79 Å². The summed E-state index contributed by atoms with van der Waals surface area (Å²) < 4.78 is 0. The van der Waals surface area contributed by atoms with Crippen LogP contribution in [0.1, 0.15) is 25.8 Å². The van der Waals surface area contributed by atoms with Gasteiger partial charge in [0.15, 0.2) is 0 Å². The number of nitrogens with two attached hydrogens (primary N) is 1. The van der Waals surface area contributed by atoms with Gasteiger partial charge in [-0.05, 0) is 30.0 Å². The van der Waals surface area contributed by atoms with Crippen molar-refractivity contribution in [2.75, 3.05) is 11.1 Å². The van der Waals surface area contributed by atoms with Crippen LogP contribution in [0.15, 0.2) is 78.9 Å². The molecular formula is C28H32N4O4. The molecule has 8 nitrogen and oxygen atoms in total. The maximum absolute atomic E-state index is 13.5. The number of anilines is 2. The average Bonchev–Trinajstić information content (AvgIpc) is 2.84. The number of para-hydroxylation sites is 2. The molecule has 0 unspecified atom stereocenters. The van der Waals surface area contributed by atoms with Crippen molar-refractivity contribution in [3.63, 3.8) is 0 Å². The molecule has 0 radical (unpaired) electrons. The summed E-state index contributed by atoms with van der Waals surface area (Å²) in [6.07, 6.45) is -0.766. The normalized spacial score (nSPS) is 12.4. The highest BCUT2D eigenvalue weighted by atomic mass is 16.4. The van der Waals surface area contributed by atoms with Crippen LogP contribution in [0.3, 0.4) is 0 Å². The van der Waals surface area contributed by atoms with E-state index in [4.69, 9.17) is 5.73 Å². The van der Waals surface area contributed by atoms with Gasteiger partial charge >= 0.3 is 6.09 Å². The van der Waals surface area contributed by atoms with E-state index in [0.29, 0.717) is 17.8 Å². The maximum atomic E-state index is 13.5. The number of carboxylic acid groups (broad SMARTS) is 1. The lowest BCUT2D eigenvalue weighted by atomic mass is 10.00. The molecule has 36 heavy (non-hydrogen) atoms. The van der Waals surface area contributed by atoms with Crippen LogP contribution in [-0.4, -0.2) is 35.1 Å². The number of hydrogen-bond donors (Lipinski definition) is 5. The second kappa shape index (κ2) is 12.4. The quantitative estimate of drug-likeness (QED) is 0.272. The minimum atomic E-state index is -1.30. The molecule has 3 aromatic carbocycles. The predicted octanol–water partition coefficient (Wildman–Crippen LogP) is 4.28. The third-order valence-corrected chi connectivity index (χ3v) is 5.67. The van der Waals surface area contributed by atoms with E-state index in [0.717, 1.165) is 16.7 Å². The van der Waals surface area contributed by atoms with E-state index in [9.17, 15) is 19.5 Å². The van der Waals surface area contributed by atoms with Crippen molar-refractivity contribution in [1.29, 1.82) is 0 Å². The fraction of sp³-hybridized carbons (Fsp3) is 0.250. The monoisotopic (exact) mass is 488 g/mol. The molecule has 0 aliphatic carbocycles. The van der Waals surface area contributed by atoms with Gasteiger partial charge in [-0.15, -0.1) is 0 Å². The van der Waals surface area contributed by atoms with Crippen LogP contribution < -0.4 is 21.7 Å². The second-order valence-corrected chi connectivity index (χ2v) is 9.00. The topological polar surface area (TPSA) is 134 Å². The molecule has 2 atom stereocenters. The maximum Gasteiger partial charge on any atom is 0.405 e. The fourth-order valence-corrected chi connectivity index (χ4v) is 3.97. The van der Waals surface area contributed by atoms with Crippen molar-refractivity contribution in [2.24, 2.45) is 5.92 Å². The highest BCUT2D eigenvalue weighted by molar-refractivity contribution is 6.01. The van der Waals surface area contributed by atoms with Gasteiger partial charge < -0.3 is 26.8 Å². The highest BCUT2D eigenvalue weighted by Crippen LogP contribution is 2.32. The first kappa shape index (κ1) is 26.3.